The molecular formula is C8H11N5O. The van der Waals surface area contributed by atoms with E-state index in [1.807, 2.05) is 14.0 Å². The van der Waals surface area contributed by atoms with Crippen molar-refractivity contribution in [2.24, 2.45) is 12.9 Å². The number of nitrogens with one attached hydrogen (secondary N) is 2. The smallest absolute Gasteiger partial charge is 0.281 e. The average Bonchev–Trinajstić information content (AvgIpc) is 2.69. The number of rotatable bonds is 1. The minimum Gasteiger partial charge on any atom is -0.348 e. The Hall–Kier alpha value is -1.82. The number of hydrogen-bond donors (Lipinski definition) is 3. The Kier molecular flexibility index (Phi) is 1.78. The summed E-state index contributed by atoms with van der Waals surface area (Å²) in [5, 5.41) is 4.20. The molecule has 0 bridgehead atoms. The van der Waals surface area contributed by atoms with Crippen LogP contribution in [0.1, 0.15) is 16.2 Å². The first-order chi connectivity index (χ1) is 6.63. The van der Waals surface area contributed by atoms with Gasteiger partial charge in [-0.25, -0.2) is 5.84 Å². The van der Waals surface area contributed by atoms with Crippen LogP contribution in [-0.4, -0.2) is 20.7 Å². The van der Waals surface area contributed by atoms with E-state index < -0.39 is 0 Å². The van der Waals surface area contributed by atoms with Crippen molar-refractivity contribution < 1.29 is 4.79 Å². The lowest BCUT2D eigenvalue weighted by Crippen LogP contribution is -2.30. The molecule has 0 saturated carbocycles. The highest BCUT2D eigenvalue weighted by Crippen LogP contribution is 2.17. The Balaban J connectivity index is 2.63. The molecule has 2 aromatic rings. The van der Waals surface area contributed by atoms with Crippen LogP contribution in [0.2, 0.25) is 0 Å². The maximum absolute atomic E-state index is 11.2. The first-order valence-corrected chi connectivity index (χ1v) is 4.16. The maximum atomic E-state index is 11.2. The van der Waals surface area contributed by atoms with E-state index in [-0.39, 0.29) is 5.91 Å². The van der Waals surface area contributed by atoms with E-state index in [0.29, 0.717) is 5.69 Å². The predicted molar refractivity (Wildman–Crippen MR) is 51.5 cm³/mol. The third-order valence-electron chi connectivity index (χ3n) is 2.18. The molecule has 74 valence electrons. The lowest BCUT2D eigenvalue weighted by Gasteiger charge is -1.93. The van der Waals surface area contributed by atoms with Gasteiger partial charge in [0.25, 0.3) is 5.91 Å². The predicted octanol–water partition coefficient (Wildman–Crippen LogP) is -0.187. The third-order valence-corrected chi connectivity index (χ3v) is 2.18. The number of H-pyrrole nitrogens is 1. The summed E-state index contributed by atoms with van der Waals surface area (Å²) in [6.07, 6.45) is 0. The maximum Gasteiger partial charge on any atom is 0.281 e. The molecule has 4 N–H and O–H groups in total. The van der Waals surface area contributed by atoms with E-state index in [0.717, 1.165) is 16.7 Å². The molecule has 6 nitrogen and oxygen atoms in total. The summed E-state index contributed by atoms with van der Waals surface area (Å²) in [4.78, 5) is 14.2. The van der Waals surface area contributed by atoms with Crippen molar-refractivity contribution in [1.82, 2.24) is 20.2 Å². The summed E-state index contributed by atoms with van der Waals surface area (Å²) in [7, 11) is 1.83. The molecule has 2 heterocycles. The summed E-state index contributed by atoms with van der Waals surface area (Å²) in [6, 6.07) is 1.72. The molecule has 0 spiro atoms. The van der Waals surface area contributed by atoms with Crippen molar-refractivity contribution >= 4 is 16.9 Å². The number of aromatic amines is 1. The summed E-state index contributed by atoms with van der Waals surface area (Å²) >= 11 is 0. The highest BCUT2D eigenvalue weighted by Gasteiger charge is 2.12. The van der Waals surface area contributed by atoms with Crippen molar-refractivity contribution in [3.05, 3.63) is 17.5 Å². The Morgan fingerprint density at radius 1 is 1.71 bits per heavy atom. The molecule has 2 aromatic heterocycles. The molecule has 6 heteroatoms. The van der Waals surface area contributed by atoms with Gasteiger partial charge in [0, 0.05) is 7.05 Å². The zero-order valence-corrected chi connectivity index (χ0v) is 7.96. The normalized spacial score (nSPS) is 10.8. The molecule has 0 radical (unpaired) electrons. The summed E-state index contributed by atoms with van der Waals surface area (Å²) < 4.78 is 1.72. The van der Waals surface area contributed by atoms with Crippen LogP contribution in [0.3, 0.4) is 0 Å². The van der Waals surface area contributed by atoms with Gasteiger partial charge < -0.3 is 4.98 Å². The molecule has 0 unspecified atom stereocenters. The lowest BCUT2D eigenvalue weighted by atomic mass is 10.4. The Labute approximate surface area is 80.0 Å². The second-order valence-electron chi connectivity index (χ2n) is 3.13. The van der Waals surface area contributed by atoms with Gasteiger partial charge in [0.15, 0.2) is 0 Å². The molecule has 0 atom stereocenters. The zero-order chi connectivity index (χ0) is 10.3. The molecule has 1 amide bonds. The van der Waals surface area contributed by atoms with Crippen LogP contribution in [0.5, 0.6) is 0 Å². The van der Waals surface area contributed by atoms with Gasteiger partial charge in [0.1, 0.15) is 5.69 Å². The van der Waals surface area contributed by atoms with Crippen molar-refractivity contribution in [2.45, 2.75) is 6.92 Å². The topological polar surface area (TPSA) is 88.7 Å². The number of amides is 1. The van der Waals surface area contributed by atoms with Crippen molar-refractivity contribution in [1.29, 1.82) is 0 Å². The van der Waals surface area contributed by atoms with Gasteiger partial charge >= 0.3 is 0 Å². The monoisotopic (exact) mass is 193 g/mol. The van der Waals surface area contributed by atoms with Gasteiger partial charge in [-0.3, -0.25) is 14.9 Å². The quantitative estimate of drug-likeness (QED) is 0.333. The second kappa shape index (κ2) is 2.85. The number of hydrazine groups is 1. The average molecular weight is 193 g/mol. The van der Waals surface area contributed by atoms with Crippen LogP contribution in [-0.2, 0) is 7.05 Å². The lowest BCUT2D eigenvalue weighted by molar-refractivity contribution is 0.0949. The highest BCUT2D eigenvalue weighted by atomic mass is 16.2. The third kappa shape index (κ3) is 1.08. The van der Waals surface area contributed by atoms with Gasteiger partial charge in [-0.1, -0.05) is 0 Å². The van der Waals surface area contributed by atoms with Gasteiger partial charge in [0.05, 0.1) is 16.7 Å². The van der Waals surface area contributed by atoms with Gasteiger partial charge in [-0.15, -0.1) is 0 Å². The fourth-order valence-corrected chi connectivity index (χ4v) is 1.50. The van der Waals surface area contributed by atoms with E-state index >= 15 is 0 Å². The molecular weight excluding hydrogens is 182 g/mol. The van der Waals surface area contributed by atoms with Crippen molar-refractivity contribution in [3.63, 3.8) is 0 Å². The van der Waals surface area contributed by atoms with E-state index in [1.54, 1.807) is 10.7 Å². The van der Waals surface area contributed by atoms with Crippen LogP contribution in [0, 0.1) is 6.92 Å². The Morgan fingerprint density at radius 2 is 2.43 bits per heavy atom. The molecule has 0 fully saturated rings. The van der Waals surface area contributed by atoms with E-state index in [1.165, 1.54) is 0 Å². The summed E-state index contributed by atoms with van der Waals surface area (Å²) in [5.74, 6) is 4.70. The number of carbonyl (C=O) groups is 1. The largest absolute Gasteiger partial charge is 0.348 e. The SMILES string of the molecule is Cc1nn(C)c2cc(C(=O)NN)[nH]c12. The molecule has 0 aliphatic rings. The van der Waals surface area contributed by atoms with E-state index in [4.69, 9.17) is 5.84 Å². The van der Waals surface area contributed by atoms with E-state index in [9.17, 15) is 4.79 Å². The number of hydrogen-bond acceptors (Lipinski definition) is 3. The molecule has 0 aliphatic heterocycles. The molecule has 14 heavy (non-hydrogen) atoms. The van der Waals surface area contributed by atoms with Crippen LogP contribution in [0.4, 0.5) is 0 Å². The van der Waals surface area contributed by atoms with Crippen LogP contribution >= 0.6 is 0 Å². The standard InChI is InChI=1S/C8H11N5O/c1-4-7-6(13(2)12-4)3-5(10-7)8(14)11-9/h3,10H,9H2,1-2H3,(H,11,14). The van der Waals surface area contributed by atoms with Crippen LogP contribution in [0.15, 0.2) is 6.07 Å². The zero-order valence-electron chi connectivity index (χ0n) is 7.96. The number of nitrogens with two attached hydrogens (primary N) is 1. The minimum atomic E-state index is -0.333. The summed E-state index contributed by atoms with van der Waals surface area (Å²) in [5.41, 5.74) is 5.13. The number of aromatic nitrogens is 3. The second-order valence-corrected chi connectivity index (χ2v) is 3.13. The number of carbonyl (C=O) groups excluding carboxylic acids is 1. The minimum absolute atomic E-state index is 0.333. The Morgan fingerprint density at radius 3 is 3.00 bits per heavy atom. The molecule has 0 aliphatic carbocycles. The molecule has 2 rings (SSSR count). The first-order valence-electron chi connectivity index (χ1n) is 4.16. The van der Waals surface area contributed by atoms with E-state index in [2.05, 4.69) is 15.5 Å². The molecule has 0 saturated heterocycles. The van der Waals surface area contributed by atoms with Crippen molar-refractivity contribution in [3.8, 4) is 0 Å². The summed E-state index contributed by atoms with van der Waals surface area (Å²) in [6.45, 7) is 1.88. The first kappa shape index (κ1) is 8.76. The van der Waals surface area contributed by atoms with Crippen LogP contribution < -0.4 is 11.3 Å². The Bertz CT molecular complexity index is 461. The number of aryl methyl sites for hydroxylation is 2. The van der Waals surface area contributed by atoms with Crippen molar-refractivity contribution in [2.75, 3.05) is 0 Å². The number of fused-ring (bicyclic) bond motifs is 1. The fourth-order valence-electron chi connectivity index (χ4n) is 1.50. The molecule has 0 aromatic carbocycles. The number of nitrogen functional groups attached to an aromatic ring is 1. The van der Waals surface area contributed by atoms with Gasteiger partial charge in [-0.05, 0) is 13.0 Å². The van der Waals surface area contributed by atoms with Gasteiger partial charge in [0.2, 0.25) is 0 Å². The van der Waals surface area contributed by atoms with Crippen LogP contribution in [0.25, 0.3) is 11.0 Å². The fraction of sp³-hybridized carbons (Fsp3) is 0.250. The highest BCUT2D eigenvalue weighted by molar-refractivity contribution is 5.97. The number of nitrogens with zero attached hydrogens (tertiary/aromatic N) is 2. The van der Waals surface area contributed by atoms with Gasteiger partial charge in [-0.2, -0.15) is 5.10 Å².